The van der Waals surface area contributed by atoms with Gasteiger partial charge in [0.05, 0.1) is 16.9 Å². The molecule has 1 unspecified atom stereocenters. The summed E-state index contributed by atoms with van der Waals surface area (Å²) in [5.74, 6) is -5.32. The summed E-state index contributed by atoms with van der Waals surface area (Å²) in [6.07, 6.45) is 1.96. The SMILES string of the molecule is CCn1cc(C(=O)O)c(=O)c2cc(F)c(N3CCNC(C)C3)c(F)c21.N[C@@H](C(=O)N[C@@H]1C(=O)N2C(C(=O)O)=C(Cl)CC[C@H]12)c1ccccc1.O. The van der Waals surface area contributed by atoms with Crippen molar-refractivity contribution in [1.29, 1.82) is 0 Å². The number of β-lactam (4-membered cyclic amide) rings is 1. The van der Waals surface area contributed by atoms with Gasteiger partial charge in [0.2, 0.25) is 11.3 Å². The minimum atomic E-state index is -1.42. The Hall–Kier alpha value is -4.90. The summed E-state index contributed by atoms with van der Waals surface area (Å²) in [5, 5.41) is 24.1. The molecular weight excluding hydrogens is 682 g/mol. The van der Waals surface area contributed by atoms with Crippen LogP contribution in [0.2, 0.25) is 0 Å². The summed E-state index contributed by atoms with van der Waals surface area (Å²) in [6.45, 7) is 5.33. The third-order valence-electron chi connectivity index (χ3n) is 8.80. The van der Waals surface area contributed by atoms with Crippen molar-refractivity contribution in [2.45, 2.75) is 57.4 Å². The lowest BCUT2D eigenvalue weighted by Gasteiger charge is -2.49. The van der Waals surface area contributed by atoms with Crippen LogP contribution in [-0.2, 0) is 20.9 Å². The Morgan fingerprint density at radius 3 is 2.42 bits per heavy atom. The minimum absolute atomic E-state index is 0. The predicted octanol–water partition coefficient (Wildman–Crippen LogP) is 1.68. The van der Waals surface area contributed by atoms with E-state index in [0.29, 0.717) is 38.0 Å². The predicted molar refractivity (Wildman–Crippen MR) is 180 cm³/mol. The molecule has 3 aliphatic rings. The standard InChI is InChI=1S/C17H19F2N3O3.C16H16ClN3O4.H2O/c1-3-21-8-11(17(24)25)16(23)10-6-12(18)15(13(19)14(10)21)22-5-4-20-9(2)7-22;17-9-6-7-10-12(15(22)20(10)13(9)16(23)24)19-14(21)11(18)8-4-2-1-3-5-8;/h6,8-9,20H,3-5,7H2,1-2H3,(H,24,25);1-5,10-12H,6-7,18H2,(H,19,21)(H,23,24);1H2/t;10-,11-,12+;/m.1./s1. The van der Waals surface area contributed by atoms with Gasteiger partial charge in [0.15, 0.2) is 5.82 Å². The highest BCUT2D eigenvalue weighted by molar-refractivity contribution is 6.32. The van der Waals surface area contributed by atoms with E-state index in [1.807, 2.05) is 13.0 Å². The number of aromatic carboxylic acids is 1. The van der Waals surface area contributed by atoms with Crippen molar-refractivity contribution < 1.29 is 43.6 Å². The summed E-state index contributed by atoms with van der Waals surface area (Å²) in [7, 11) is 0. The van der Waals surface area contributed by atoms with E-state index in [9.17, 15) is 33.5 Å². The molecule has 2 amide bonds. The number of aryl methyl sites for hydroxylation is 1. The largest absolute Gasteiger partial charge is 0.477 e. The molecule has 17 heteroatoms. The molecule has 4 heterocycles. The first-order valence-corrected chi connectivity index (χ1v) is 16.0. The van der Waals surface area contributed by atoms with Crippen molar-refractivity contribution in [3.8, 4) is 0 Å². The van der Waals surface area contributed by atoms with Crippen molar-refractivity contribution in [2.75, 3.05) is 24.5 Å². The number of benzene rings is 2. The van der Waals surface area contributed by atoms with E-state index in [2.05, 4.69) is 10.6 Å². The van der Waals surface area contributed by atoms with Gasteiger partial charge in [-0.2, -0.15) is 0 Å². The van der Waals surface area contributed by atoms with Gasteiger partial charge in [-0.1, -0.05) is 41.9 Å². The zero-order chi connectivity index (χ0) is 35.7. The van der Waals surface area contributed by atoms with E-state index < -0.39 is 64.5 Å². The number of hydrogen-bond acceptors (Lipinski definition) is 8. The molecule has 1 aromatic heterocycles. The van der Waals surface area contributed by atoms with Crippen LogP contribution in [0.25, 0.3) is 10.9 Å². The third-order valence-corrected chi connectivity index (χ3v) is 9.17. The average Bonchev–Trinajstić information content (AvgIpc) is 3.07. The van der Waals surface area contributed by atoms with Crippen molar-refractivity contribution >= 4 is 51.9 Å². The monoisotopic (exact) mass is 718 g/mol. The highest BCUT2D eigenvalue weighted by atomic mass is 35.5. The lowest BCUT2D eigenvalue weighted by atomic mass is 9.86. The van der Waals surface area contributed by atoms with Crippen molar-refractivity contribution in [3.63, 3.8) is 0 Å². The topological polar surface area (TPSA) is 219 Å². The van der Waals surface area contributed by atoms with Crippen LogP contribution in [0.3, 0.4) is 0 Å². The van der Waals surface area contributed by atoms with Crippen molar-refractivity contribution in [3.05, 3.63) is 86.3 Å². The van der Waals surface area contributed by atoms with E-state index in [-0.39, 0.29) is 45.4 Å². The zero-order valence-electron chi connectivity index (χ0n) is 27.1. The second kappa shape index (κ2) is 15.3. The van der Waals surface area contributed by atoms with Crippen LogP contribution in [0.15, 0.2) is 58.1 Å². The number of aromatic nitrogens is 1. The number of carboxylic acids is 2. The molecule has 0 bridgehead atoms. The highest BCUT2D eigenvalue weighted by Gasteiger charge is 2.53. The van der Waals surface area contributed by atoms with Crippen LogP contribution in [0.4, 0.5) is 14.5 Å². The van der Waals surface area contributed by atoms with E-state index in [0.717, 1.165) is 17.2 Å². The number of aliphatic carboxylic acids is 1. The summed E-state index contributed by atoms with van der Waals surface area (Å²) in [6, 6.07) is 7.76. The number of pyridine rings is 1. The van der Waals surface area contributed by atoms with Gasteiger partial charge < -0.3 is 41.5 Å². The highest BCUT2D eigenvalue weighted by Crippen LogP contribution is 2.38. The minimum Gasteiger partial charge on any atom is -0.477 e. The molecule has 2 aromatic carbocycles. The normalized spacial score (nSPS) is 20.5. The lowest BCUT2D eigenvalue weighted by Crippen LogP contribution is -2.72. The Labute approximate surface area is 289 Å². The third kappa shape index (κ3) is 7.05. The van der Waals surface area contributed by atoms with Crippen LogP contribution in [0, 0.1) is 11.6 Å². The average molecular weight is 719 g/mol. The van der Waals surface area contributed by atoms with E-state index in [1.54, 1.807) is 36.1 Å². The maximum Gasteiger partial charge on any atom is 0.353 e. The first kappa shape index (κ1) is 37.9. The van der Waals surface area contributed by atoms with Gasteiger partial charge >= 0.3 is 11.9 Å². The number of carbonyl (C=O) groups is 4. The molecule has 0 radical (unpaired) electrons. The molecule has 14 nitrogen and oxygen atoms in total. The fraction of sp³-hybridized carbons (Fsp3) is 0.364. The summed E-state index contributed by atoms with van der Waals surface area (Å²) in [5.41, 5.74) is 4.72. The molecule has 3 aliphatic heterocycles. The second-order valence-electron chi connectivity index (χ2n) is 11.9. The molecule has 0 saturated carbocycles. The van der Waals surface area contributed by atoms with Crippen LogP contribution < -0.4 is 26.7 Å². The van der Waals surface area contributed by atoms with Crippen molar-refractivity contribution in [2.24, 2.45) is 5.73 Å². The Bertz CT molecular complexity index is 1920. The number of nitrogens with two attached hydrogens (primary N) is 1. The van der Waals surface area contributed by atoms with Crippen LogP contribution in [0.5, 0.6) is 0 Å². The van der Waals surface area contributed by atoms with Crippen LogP contribution >= 0.6 is 11.6 Å². The zero-order valence-corrected chi connectivity index (χ0v) is 27.8. The molecule has 0 aliphatic carbocycles. The van der Waals surface area contributed by atoms with Gasteiger partial charge in [0, 0.05) is 43.4 Å². The number of nitrogens with one attached hydrogen (secondary N) is 2. The number of carboxylic acid groups (broad SMARTS) is 2. The van der Waals surface area contributed by atoms with Crippen LogP contribution in [-0.4, -0.2) is 86.7 Å². The molecule has 0 spiro atoms. The summed E-state index contributed by atoms with van der Waals surface area (Å²) < 4.78 is 31.2. The Morgan fingerprint density at radius 1 is 1.14 bits per heavy atom. The molecule has 2 fully saturated rings. The number of rotatable bonds is 7. The molecule has 2 saturated heterocycles. The van der Waals surface area contributed by atoms with Gasteiger partial charge in [-0.25, -0.2) is 18.4 Å². The number of anilines is 1. The number of piperazine rings is 1. The number of fused-ring (bicyclic) bond motifs is 2. The quantitative estimate of drug-likeness (QED) is 0.223. The number of carbonyl (C=O) groups excluding carboxylic acids is 2. The smallest absolute Gasteiger partial charge is 0.353 e. The van der Waals surface area contributed by atoms with Crippen LogP contribution in [0.1, 0.15) is 48.7 Å². The van der Waals surface area contributed by atoms with E-state index in [4.69, 9.17) is 22.4 Å². The maximum atomic E-state index is 15.2. The molecule has 8 N–H and O–H groups in total. The van der Waals surface area contributed by atoms with Gasteiger partial charge in [0.1, 0.15) is 34.8 Å². The molecule has 6 rings (SSSR count). The maximum absolute atomic E-state index is 15.2. The van der Waals surface area contributed by atoms with Gasteiger partial charge in [0.25, 0.3) is 5.91 Å². The molecule has 268 valence electrons. The van der Waals surface area contributed by atoms with E-state index in [1.165, 1.54) is 4.57 Å². The van der Waals surface area contributed by atoms with Gasteiger partial charge in [-0.15, -0.1) is 0 Å². The molecule has 4 atom stereocenters. The molecule has 50 heavy (non-hydrogen) atoms. The Kier molecular flexibility index (Phi) is 11.6. The van der Waals surface area contributed by atoms with Crippen molar-refractivity contribution in [1.82, 2.24) is 20.1 Å². The Morgan fingerprint density at radius 2 is 1.82 bits per heavy atom. The summed E-state index contributed by atoms with van der Waals surface area (Å²) in [4.78, 5) is 62.2. The fourth-order valence-corrected chi connectivity index (χ4v) is 6.66. The molecule has 3 aromatic rings. The Balaban J connectivity index is 0.000000220. The number of allylic oxidation sites excluding steroid dienone is 1. The first-order valence-electron chi connectivity index (χ1n) is 15.6. The van der Waals surface area contributed by atoms with E-state index >= 15 is 4.39 Å². The number of halogens is 3. The summed E-state index contributed by atoms with van der Waals surface area (Å²) >= 11 is 5.92. The fourth-order valence-electron chi connectivity index (χ4n) is 6.38. The number of nitrogens with zero attached hydrogens (tertiary/aromatic N) is 3. The molecular formula is C33H37ClF2N6O8. The second-order valence-corrected chi connectivity index (χ2v) is 12.4. The lowest BCUT2D eigenvalue weighted by molar-refractivity contribution is -0.156. The first-order chi connectivity index (χ1) is 23.3. The van der Waals surface area contributed by atoms with Gasteiger partial charge in [-0.3, -0.25) is 19.3 Å². The van der Waals surface area contributed by atoms with Gasteiger partial charge in [-0.05, 0) is 38.3 Å². The number of hydrogen-bond donors (Lipinski definition) is 5. The number of amides is 2.